The predicted octanol–water partition coefficient (Wildman–Crippen LogP) is 1.51. The van der Waals surface area contributed by atoms with Gasteiger partial charge in [-0.25, -0.2) is 0 Å². The van der Waals surface area contributed by atoms with E-state index in [2.05, 4.69) is 10.5 Å². The zero-order valence-electron chi connectivity index (χ0n) is 10.2. The fourth-order valence-corrected chi connectivity index (χ4v) is 1.63. The summed E-state index contributed by atoms with van der Waals surface area (Å²) in [6.45, 7) is 1.01. The van der Waals surface area contributed by atoms with E-state index in [4.69, 9.17) is 9.26 Å². The number of nitrogens with one attached hydrogen (secondary N) is 1. The third-order valence-corrected chi connectivity index (χ3v) is 2.61. The molecule has 2 rings (SSSR count). The Kier molecular flexibility index (Phi) is 4.33. The fraction of sp³-hybridized carbons (Fsp3) is 0.308. The zero-order valence-corrected chi connectivity index (χ0v) is 10.2. The Hall–Kier alpha value is -1.85. The third-order valence-electron chi connectivity index (χ3n) is 2.61. The molecule has 0 fully saturated rings. The number of hydrogen-bond acceptors (Lipinski definition) is 5. The first-order valence-corrected chi connectivity index (χ1v) is 5.71. The second kappa shape index (κ2) is 6.18. The molecule has 2 aromatic rings. The summed E-state index contributed by atoms with van der Waals surface area (Å²) >= 11 is 0. The van der Waals surface area contributed by atoms with Gasteiger partial charge in [0.25, 0.3) is 0 Å². The fourth-order valence-electron chi connectivity index (χ4n) is 1.63. The van der Waals surface area contributed by atoms with E-state index < -0.39 is 6.10 Å². The molecular formula is C13H16N2O3. The van der Waals surface area contributed by atoms with E-state index in [0.29, 0.717) is 13.1 Å². The smallest absolute Gasteiger partial charge is 0.124 e. The second-order valence-electron chi connectivity index (χ2n) is 3.91. The van der Waals surface area contributed by atoms with Crippen molar-refractivity contribution in [2.45, 2.75) is 12.6 Å². The molecule has 0 amide bonds. The SMILES string of the molecule is COc1cccc(C(O)CNCc2ccon2)c1. The van der Waals surface area contributed by atoms with Crippen LogP contribution in [-0.2, 0) is 6.54 Å². The van der Waals surface area contributed by atoms with Crippen molar-refractivity contribution in [1.29, 1.82) is 0 Å². The van der Waals surface area contributed by atoms with E-state index in [0.717, 1.165) is 17.0 Å². The molecular weight excluding hydrogens is 232 g/mol. The summed E-state index contributed by atoms with van der Waals surface area (Å²) in [6.07, 6.45) is 0.946. The van der Waals surface area contributed by atoms with Gasteiger partial charge in [0.2, 0.25) is 0 Å². The van der Waals surface area contributed by atoms with Gasteiger partial charge in [0.05, 0.1) is 18.9 Å². The van der Waals surface area contributed by atoms with Crippen LogP contribution < -0.4 is 10.1 Å². The van der Waals surface area contributed by atoms with Gasteiger partial charge in [-0.3, -0.25) is 0 Å². The van der Waals surface area contributed by atoms with E-state index >= 15 is 0 Å². The highest BCUT2D eigenvalue weighted by molar-refractivity contribution is 5.29. The number of ether oxygens (including phenoxy) is 1. The second-order valence-corrected chi connectivity index (χ2v) is 3.91. The maximum absolute atomic E-state index is 10.0. The van der Waals surface area contributed by atoms with Gasteiger partial charge < -0.3 is 19.7 Å². The normalized spacial score (nSPS) is 12.3. The Labute approximate surface area is 105 Å². The molecule has 0 spiro atoms. The van der Waals surface area contributed by atoms with Gasteiger partial charge in [-0.1, -0.05) is 17.3 Å². The Morgan fingerprint density at radius 3 is 3.06 bits per heavy atom. The van der Waals surface area contributed by atoms with Crippen LogP contribution in [0.5, 0.6) is 5.75 Å². The van der Waals surface area contributed by atoms with E-state index in [1.807, 2.05) is 24.3 Å². The molecule has 1 aromatic heterocycles. The van der Waals surface area contributed by atoms with Crippen LogP contribution in [0.25, 0.3) is 0 Å². The molecule has 0 aliphatic rings. The van der Waals surface area contributed by atoms with Gasteiger partial charge in [0, 0.05) is 19.2 Å². The summed E-state index contributed by atoms with van der Waals surface area (Å²) in [6, 6.07) is 9.17. The number of aromatic nitrogens is 1. The number of benzene rings is 1. The van der Waals surface area contributed by atoms with Crippen molar-refractivity contribution >= 4 is 0 Å². The molecule has 1 aromatic carbocycles. The first-order chi connectivity index (χ1) is 8.79. The lowest BCUT2D eigenvalue weighted by Crippen LogP contribution is -2.21. The van der Waals surface area contributed by atoms with Gasteiger partial charge in [-0.15, -0.1) is 0 Å². The van der Waals surface area contributed by atoms with Gasteiger partial charge in [-0.05, 0) is 17.7 Å². The first-order valence-electron chi connectivity index (χ1n) is 5.71. The van der Waals surface area contributed by atoms with Crippen molar-refractivity contribution in [1.82, 2.24) is 10.5 Å². The summed E-state index contributed by atoms with van der Waals surface area (Å²) in [5, 5.41) is 16.9. The average Bonchev–Trinajstić information content (AvgIpc) is 2.92. The van der Waals surface area contributed by atoms with Crippen LogP contribution in [0.4, 0.5) is 0 Å². The van der Waals surface area contributed by atoms with Gasteiger partial charge in [-0.2, -0.15) is 0 Å². The Morgan fingerprint density at radius 1 is 1.44 bits per heavy atom. The van der Waals surface area contributed by atoms with Gasteiger partial charge >= 0.3 is 0 Å². The van der Waals surface area contributed by atoms with Crippen molar-refractivity contribution < 1.29 is 14.4 Å². The summed E-state index contributed by atoms with van der Waals surface area (Å²) in [5.41, 5.74) is 1.63. The number of nitrogens with zero attached hydrogens (tertiary/aromatic N) is 1. The van der Waals surface area contributed by atoms with Crippen LogP contribution in [0.1, 0.15) is 17.4 Å². The minimum atomic E-state index is -0.577. The minimum absolute atomic E-state index is 0.444. The molecule has 1 unspecified atom stereocenters. The number of methoxy groups -OCH3 is 1. The highest BCUT2D eigenvalue weighted by Gasteiger charge is 2.08. The van der Waals surface area contributed by atoms with Crippen LogP contribution >= 0.6 is 0 Å². The van der Waals surface area contributed by atoms with Crippen LogP contribution in [0.2, 0.25) is 0 Å². The Morgan fingerprint density at radius 2 is 2.33 bits per heavy atom. The van der Waals surface area contributed by atoms with E-state index in [1.54, 1.807) is 13.2 Å². The molecule has 0 bridgehead atoms. The third kappa shape index (κ3) is 3.32. The molecule has 0 aliphatic carbocycles. The molecule has 0 saturated carbocycles. The largest absolute Gasteiger partial charge is 0.497 e. The predicted molar refractivity (Wildman–Crippen MR) is 66.2 cm³/mol. The number of aliphatic hydroxyl groups is 1. The quantitative estimate of drug-likeness (QED) is 0.811. The first kappa shape index (κ1) is 12.6. The molecule has 0 radical (unpaired) electrons. The van der Waals surface area contributed by atoms with E-state index in [-0.39, 0.29) is 0 Å². The Bertz CT molecular complexity index is 471. The summed E-state index contributed by atoms with van der Waals surface area (Å²) in [5.74, 6) is 0.739. The summed E-state index contributed by atoms with van der Waals surface area (Å²) in [7, 11) is 1.61. The molecule has 5 heteroatoms. The van der Waals surface area contributed by atoms with Crippen molar-refractivity contribution in [3.63, 3.8) is 0 Å². The minimum Gasteiger partial charge on any atom is -0.497 e. The highest BCUT2D eigenvalue weighted by Crippen LogP contribution is 2.18. The van der Waals surface area contributed by atoms with Crippen LogP contribution in [-0.4, -0.2) is 23.9 Å². The van der Waals surface area contributed by atoms with Crippen LogP contribution in [0.15, 0.2) is 41.1 Å². The molecule has 0 aliphatic heterocycles. The zero-order chi connectivity index (χ0) is 12.8. The molecule has 18 heavy (non-hydrogen) atoms. The number of hydrogen-bond donors (Lipinski definition) is 2. The molecule has 5 nitrogen and oxygen atoms in total. The summed E-state index contributed by atoms with van der Waals surface area (Å²) in [4.78, 5) is 0. The summed E-state index contributed by atoms with van der Waals surface area (Å²) < 4.78 is 9.83. The Balaban J connectivity index is 1.85. The lowest BCUT2D eigenvalue weighted by Gasteiger charge is -2.12. The lowest BCUT2D eigenvalue weighted by atomic mass is 10.1. The van der Waals surface area contributed by atoms with Crippen molar-refractivity contribution in [2.75, 3.05) is 13.7 Å². The number of rotatable bonds is 6. The van der Waals surface area contributed by atoms with Crippen molar-refractivity contribution in [3.05, 3.63) is 47.9 Å². The standard InChI is InChI=1S/C13H16N2O3/c1-17-12-4-2-3-10(7-12)13(16)9-14-8-11-5-6-18-15-11/h2-7,13-14,16H,8-9H2,1H3. The average molecular weight is 248 g/mol. The maximum atomic E-state index is 10.0. The lowest BCUT2D eigenvalue weighted by molar-refractivity contribution is 0.173. The monoisotopic (exact) mass is 248 g/mol. The van der Waals surface area contributed by atoms with Gasteiger partial charge in [0.15, 0.2) is 0 Å². The van der Waals surface area contributed by atoms with Crippen LogP contribution in [0, 0.1) is 0 Å². The molecule has 1 atom stereocenters. The van der Waals surface area contributed by atoms with E-state index in [1.165, 1.54) is 6.26 Å². The topological polar surface area (TPSA) is 67.5 Å². The van der Waals surface area contributed by atoms with Crippen LogP contribution in [0.3, 0.4) is 0 Å². The van der Waals surface area contributed by atoms with Crippen molar-refractivity contribution in [3.8, 4) is 5.75 Å². The maximum Gasteiger partial charge on any atom is 0.124 e. The molecule has 96 valence electrons. The van der Waals surface area contributed by atoms with E-state index in [9.17, 15) is 5.11 Å². The molecule has 2 N–H and O–H groups in total. The van der Waals surface area contributed by atoms with Crippen molar-refractivity contribution in [2.24, 2.45) is 0 Å². The highest BCUT2D eigenvalue weighted by atomic mass is 16.5. The molecule has 1 heterocycles. The van der Waals surface area contributed by atoms with Gasteiger partial charge in [0.1, 0.15) is 12.0 Å². The number of aliphatic hydroxyl groups excluding tert-OH is 1. The molecule has 0 saturated heterocycles.